The highest BCUT2D eigenvalue weighted by atomic mass is 16.4. The predicted octanol–water partition coefficient (Wildman–Crippen LogP) is 1.29. The van der Waals surface area contributed by atoms with Crippen LogP contribution in [-0.2, 0) is 20.8 Å². The van der Waals surface area contributed by atoms with Crippen LogP contribution in [0, 0.1) is 0 Å². The fourth-order valence-corrected chi connectivity index (χ4v) is 1.61. The minimum atomic E-state index is -1.18. The second-order valence-electron chi connectivity index (χ2n) is 4.65. The van der Waals surface area contributed by atoms with Gasteiger partial charge in [-0.25, -0.2) is 4.79 Å². The van der Waals surface area contributed by atoms with Gasteiger partial charge < -0.3 is 15.3 Å². The molecule has 1 rings (SSSR count). The molecule has 0 spiro atoms. The molecule has 0 radical (unpaired) electrons. The van der Waals surface area contributed by atoms with Crippen LogP contribution in [-0.4, -0.2) is 41.9 Å². The first kappa shape index (κ1) is 16.4. The van der Waals surface area contributed by atoms with Gasteiger partial charge in [-0.1, -0.05) is 12.1 Å². The number of carboxylic acids is 1. The van der Waals surface area contributed by atoms with Crippen molar-refractivity contribution in [3.8, 4) is 0 Å². The summed E-state index contributed by atoms with van der Waals surface area (Å²) in [6, 6.07) is 7.09. The molecule has 0 fully saturated rings. The molecule has 0 aromatic heterocycles. The van der Waals surface area contributed by atoms with E-state index >= 15 is 0 Å². The molecule has 0 saturated heterocycles. The van der Waals surface area contributed by atoms with Gasteiger partial charge in [0.25, 0.3) is 0 Å². The number of benzene rings is 1. The Morgan fingerprint density at radius 3 is 2.57 bits per heavy atom. The SMILES string of the molecule is CN(C)C(=O)CCc1cccc(NC(=O)/C=C/C(=O)O)c1. The summed E-state index contributed by atoms with van der Waals surface area (Å²) in [5.41, 5.74) is 1.48. The van der Waals surface area contributed by atoms with Gasteiger partial charge in [0, 0.05) is 38.4 Å². The van der Waals surface area contributed by atoms with Gasteiger partial charge in [-0.05, 0) is 24.1 Å². The Morgan fingerprint density at radius 1 is 1.24 bits per heavy atom. The van der Waals surface area contributed by atoms with E-state index in [0.717, 1.165) is 17.7 Å². The number of carboxylic acid groups (broad SMARTS) is 1. The highest BCUT2D eigenvalue weighted by molar-refractivity contribution is 6.02. The number of rotatable bonds is 6. The van der Waals surface area contributed by atoms with E-state index in [2.05, 4.69) is 5.32 Å². The highest BCUT2D eigenvalue weighted by Crippen LogP contribution is 2.12. The molecular weight excluding hydrogens is 272 g/mol. The number of amides is 2. The van der Waals surface area contributed by atoms with Crippen LogP contribution in [0.5, 0.6) is 0 Å². The summed E-state index contributed by atoms with van der Waals surface area (Å²) < 4.78 is 0. The lowest BCUT2D eigenvalue weighted by Crippen LogP contribution is -2.21. The van der Waals surface area contributed by atoms with Gasteiger partial charge in [-0.15, -0.1) is 0 Å². The largest absolute Gasteiger partial charge is 0.478 e. The first-order valence-electron chi connectivity index (χ1n) is 6.39. The Bertz CT molecular complexity index is 565. The maximum Gasteiger partial charge on any atom is 0.328 e. The molecule has 0 unspecified atom stereocenters. The standard InChI is InChI=1S/C15H18N2O4/c1-17(2)14(19)8-6-11-4-3-5-12(10-11)16-13(18)7-9-15(20)21/h3-5,7,9-10H,6,8H2,1-2H3,(H,16,18)(H,20,21)/b9-7+. The number of hydrogen-bond acceptors (Lipinski definition) is 3. The molecule has 2 N–H and O–H groups in total. The number of nitrogens with zero attached hydrogens (tertiary/aromatic N) is 1. The minimum Gasteiger partial charge on any atom is -0.478 e. The number of aliphatic carboxylic acids is 1. The van der Waals surface area contributed by atoms with Crippen molar-refractivity contribution in [1.82, 2.24) is 4.90 Å². The number of hydrogen-bond donors (Lipinski definition) is 2. The van der Waals surface area contributed by atoms with Crippen LogP contribution in [0.3, 0.4) is 0 Å². The lowest BCUT2D eigenvalue weighted by molar-refractivity contribution is -0.131. The third-order valence-corrected chi connectivity index (χ3v) is 2.70. The van der Waals surface area contributed by atoms with E-state index in [4.69, 9.17) is 5.11 Å². The van der Waals surface area contributed by atoms with Gasteiger partial charge in [0.15, 0.2) is 0 Å². The van der Waals surface area contributed by atoms with Crippen LogP contribution in [0.4, 0.5) is 5.69 Å². The monoisotopic (exact) mass is 290 g/mol. The number of aryl methyl sites for hydroxylation is 1. The molecule has 0 aliphatic heterocycles. The molecule has 0 atom stereocenters. The van der Waals surface area contributed by atoms with Crippen LogP contribution in [0.2, 0.25) is 0 Å². The summed E-state index contributed by atoms with van der Waals surface area (Å²) in [6.07, 6.45) is 2.69. The predicted molar refractivity (Wildman–Crippen MR) is 78.9 cm³/mol. The first-order chi connectivity index (χ1) is 9.88. The Morgan fingerprint density at radius 2 is 1.95 bits per heavy atom. The lowest BCUT2D eigenvalue weighted by Gasteiger charge is -2.10. The number of anilines is 1. The van der Waals surface area contributed by atoms with Crippen LogP contribution < -0.4 is 5.32 Å². The van der Waals surface area contributed by atoms with E-state index in [1.54, 1.807) is 32.3 Å². The molecule has 21 heavy (non-hydrogen) atoms. The summed E-state index contributed by atoms with van der Waals surface area (Å²) in [4.78, 5) is 34.8. The highest BCUT2D eigenvalue weighted by Gasteiger charge is 2.05. The zero-order chi connectivity index (χ0) is 15.8. The van der Waals surface area contributed by atoms with Crippen LogP contribution >= 0.6 is 0 Å². The second kappa shape index (κ2) is 7.84. The zero-order valence-electron chi connectivity index (χ0n) is 12.0. The van der Waals surface area contributed by atoms with E-state index in [-0.39, 0.29) is 5.91 Å². The van der Waals surface area contributed by atoms with E-state index in [9.17, 15) is 14.4 Å². The van der Waals surface area contributed by atoms with Crippen molar-refractivity contribution in [1.29, 1.82) is 0 Å². The molecule has 2 amide bonds. The van der Waals surface area contributed by atoms with Crippen LogP contribution in [0.15, 0.2) is 36.4 Å². The maximum absolute atomic E-state index is 11.5. The van der Waals surface area contributed by atoms with Gasteiger partial charge >= 0.3 is 5.97 Å². The molecule has 1 aromatic rings. The van der Waals surface area contributed by atoms with Crippen molar-refractivity contribution >= 4 is 23.5 Å². The minimum absolute atomic E-state index is 0.0360. The van der Waals surface area contributed by atoms with Crippen molar-refractivity contribution in [2.45, 2.75) is 12.8 Å². The molecule has 0 heterocycles. The summed E-state index contributed by atoms with van der Waals surface area (Å²) in [7, 11) is 3.40. The van der Waals surface area contributed by atoms with Crippen molar-refractivity contribution in [3.05, 3.63) is 42.0 Å². The van der Waals surface area contributed by atoms with Crippen molar-refractivity contribution < 1.29 is 19.5 Å². The maximum atomic E-state index is 11.5. The van der Waals surface area contributed by atoms with E-state index in [1.165, 1.54) is 4.90 Å². The van der Waals surface area contributed by atoms with Gasteiger partial charge in [0.1, 0.15) is 0 Å². The number of carbonyl (C=O) groups excluding carboxylic acids is 2. The van der Waals surface area contributed by atoms with Crippen LogP contribution in [0.25, 0.3) is 0 Å². The molecule has 6 heteroatoms. The van der Waals surface area contributed by atoms with Crippen molar-refractivity contribution in [2.24, 2.45) is 0 Å². The van der Waals surface area contributed by atoms with Gasteiger partial charge in [0.2, 0.25) is 11.8 Å². The molecule has 0 aliphatic carbocycles. The van der Waals surface area contributed by atoms with Crippen molar-refractivity contribution in [2.75, 3.05) is 19.4 Å². The average molecular weight is 290 g/mol. The Labute approximate surface area is 123 Å². The van der Waals surface area contributed by atoms with Crippen molar-refractivity contribution in [3.63, 3.8) is 0 Å². The Balaban J connectivity index is 2.62. The molecule has 1 aromatic carbocycles. The third-order valence-electron chi connectivity index (χ3n) is 2.70. The van der Waals surface area contributed by atoms with Gasteiger partial charge in [0.05, 0.1) is 0 Å². The van der Waals surface area contributed by atoms with Gasteiger partial charge in [-0.2, -0.15) is 0 Å². The Kier molecular flexibility index (Phi) is 6.13. The summed E-state index contributed by atoms with van der Waals surface area (Å²) in [5, 5.41) is 11.0. The molecular formula is C15H18N2O4. The Hall–Kier alpha value is -2.63. The summed E-state index contributed by atoms with van der Waals surface area (Å²) in [6.45, 7) is 0. The summed E-state index contributed by atoms with van der Waals surface area (Å²) >= 11 is 0. The number of carbonyl (C=O) groups is 3. The van der Waals surface area contributed by atoms with Crippen LogP contribution in [0.1, 0.15) is 12.0 Å². The molecule has 112 valence electrons. The first-order valence-corrected chi connectivity index (χ1v) is 6.39. The van der Waals surface area contributed by atoms with E-state index in [1.807, 2.05) is 6.07 Å². The van der Waals surface area contributed by atoms with E-state index in [0.29, 0.717) is 18.5 Å². The summed E-state index contributed by atoms with van der Waals surface area (Å²) in [5.74, 6) is -1.66. The molecule has 6 nitrogen and oxygen atoms in total. The molecule has 0 bridgehead atoms. The fourth-order valence-electron chi connectivity index (χ4n) is 1.61. The van der Waals surface area contributed by atoms with E-state index < -0.39 is 11.9 Å². The second-order valence-corrected chi connectivity index (χ2v) is 4.65. The van der Waals surface area contributed by atoms with Gasteiger partial charge in [-0.3, -0.25) is 9.59 Å². The third kappa shape index (κ3) is 6.38. The smallest absolute Gasteiger partial charge is 0.328 e. The zero-order valence-corrected chi connectivity index (χ0v) is 12.0. The lowest BCUT2D eigenvalue weighted by atomic mass is 10.1. The molecule has 0 aliphatic rings. The normalized spacial score (nSPS) is 10.4. The quantitative estimate of drug-likeness (QED) is 0.773. The topological polar surface area (TPSA) is 86.7 Å². The fraction of sp³-hybridized carbons (Fsp3) is 0.267. The average Bonchev–Trinajstić information content (AvgIpc) is 2.42. The number of nitrogens with one attached hydrogen (secondary N) is 1. The molecule has 0 saturated carbocycles.